The van der Waals surface area contributed by atoms with Gasteiger partial charge in [0.25, 0.3) is 0 Å². The number of rotatable bonds is 8. The molecule has 0 saturated carbocycles. The standard InChI is InChI=1S/C22H26ClN5O/c1-26(2)21-10-4-18(5-11-21)16-28(14-3-13-27-15-12-24-17-27)22(29)25-20-8-6-19(23)7-9-20/h4-12,15,17H,3,13-14,16H2,1-2H3,(H,25,29). The fraction of sp³-hybridized carbons (Fsp3) is 0.273. The van der Waals surface area contributed by atoms with E-state index < -0.39 is 0 Å². The summed E-state index contributed by atoms with van der Waals surface area (Å²) in [7, 11) is 4.02. The molecule has 2 amide bonds. The van der Waals surface area contributed by atoms with Crippen LogP contribution in [0.15, 0.2) is 67.3 Å². The number of nitrogens with zero attached hydrogens (tertiary/aromatic N) is 4. The van der Waals surface area contributed by atoms with E-state index in [2.05, 4.69) is 39.5 Å². The van der Waals surface area contributed by atoms with Gasteiger partial charge in [0, 0.05) is 62.5 Å². The van der Waals surface area contributed by atoms with E-state index in [1.54, 1.807) is 36.8 Å². The molecule has 0 unspecified atom stereocenters. The van der Waals surface area contributed by atoms with Crippen molar-refractivity contribution in [3.63, 3.8) is 0 Å². The number of nitrogens with one attached hydrogen (secondary N) is 1. The molecule has 0 aliphatic carbocycles. The predicted molar refractivity (Wildman–Crippen MR) is 118 cm³/mol. The van der Waals surface area contributed by atoms with Gasteiger partial charge in [0.1, 0.15) is 0 Å². The van der Waals surface area contributed by atoms with Gasteiger partial charge < -0.3 is 19.7 Å². The Labute approximate surface area is 176 Å². The van der Waals surface area contributed by atoms with Crippen LogP contribution in [-0.4, -0.2) is 41.1 Å². The van der Waals surface area contributed by atoms with Crippen molar-refractivity contribution < 1.29 is 4.79 Å². The van der Waals surface area contributed by atoms with Gasteiger partial charge in [-0.15, -0.1) is 0 Å². The average Bonchev–Trinajstić information content (AvgIpc) is 3.23. The van der Waals surface area contributed by atoms with Crippen molar-refractivity contribution in [2.24, 2.45) is 0 Å². The van der Waals surface area contributed by atoms with Gasteiger partial charge >= 0.3 is 6.03 Å². The van der Waals surface area contributed by atoms with Crippen molar-refractivity contribution in [2.75, 3.05) is 30.9 Å². The van der Waals surface area contributed by atoms with Crippen LogP contribution >= 0.6 is 11.6 Å². The number of halogens is 1. The summed E-state index contributed by atoms with van der Waals surface area (Å²) in [6.45, 7) is 1.98. The molecular weight excluding hydrogens is 386 g/mol. The molecule has 0 aliphatic rings. The Morgan fingerprint density at radius 2 is 1.83 bits per heavy atom. The first-order valence-corrected chi connectivity index (χ1v) is 9.92. The molecule has 0 radical (unpaired) electrons. The van der Waals surface area contributed by atoms with E-state index >= 15 is 0 Å². The van der Waals surface area contributed by atoms with Crippen molar-refractivity contribution in [1.82, 2.24) is 14.5 Å². The number of urea groups is 1. The summed E-state index contributed by atoms with van der Waals surface area (Å²) in [5.74, 6) is 0. The summed E-state index contributed by atoms with van der Waals surface area (Å²) in [4.78, 5) is 20.9. The van der Waals surface area contributed by atoms with Crippen LogP contribution in [0.4, 0.5) is 16.2 Å². The highest BCUT2D eigenvalue weighted by atomic mass is 35.5. The molecule has 152 valence electrons. The summed E-state index contributed by atoms with van der Waals surface area (Å²) in [6, 6.07) is 15.3. The topological polar surface area (TPSA) is 53.4 Å². The van der Waals surface area contributed by atoms with Gasteiger partial charge in [-0.05, 0) is 48.4 Å². The lowest BCUT2D eigenvalue weighted by atomic mass is 10.2. The second-order valence-corrected chi connectivity index (χ2v) is 7.51. The van der Waals surface area contributed by atoms with Gasteiger partial charge in [0.2, 0.25) is 0 Å². The number of imidazole rings is 1. The minimum Gasteiger partial charge on any atom is -0.378 e. The van der Waals surface area contributed by atoms with Crippen LogP contribution in [0.3, 0.4) is 0 Å². The Morgan fingerprint density at radius 1 is 1.10 bits per heavy atom. The molecule has 0 saturated heterocycles. The quantitative estimate of drug-likeness (QED) is 0.583. The molecule has 2 aromatic carbocycles. The zero-order valence-corrected chi connectivity index (χ0v) is 17.5. The lowest BCUT2D eigenvalue weighted by Crippen LogP contribution is -2.35. The van der Waals surface area contributed by atoms with E-state index in [0.29, 0.717) is 18.1 Å². The first-order valence-electron chi connectivity index (χ1n) is 9.55. The average molecular weight is 412 g/mol. The number of anilines is 2. The van der Waals surface area contributed by atoms with Gasteiger partial charge in [-0.2, -0.15) is 0 Å². The van der Waals surface area contributed by atoms with Crippen LogP contribution in [0.2, 0.25) is 5.02 Å². The Kier molecular flexibility index (Phi) is 7.14. The SMILES string of the molecule is CN(C)c1ccc(CN(CCCn2ccnc2)C(=O)Nc2ccc(Cl)cc2)cc1. The van der Waals surface area contributed by atoms with E-state index in [4.69, 9.17) is 11.6 Å². The minimum atomic E-state index is -0.130. The van der Waals surface area contributed by atoms with Crippen molar-refractivity contribution in [3.05, 3.63) is 77.8 Å². The van der Waals surface area contributed by atoms with E-state index in [9.17, 15) is 4.79 Å². The third-order valence-corrected chi connectivity index (χ3v) is 4.86. The first kappa shape index (κ1) is 20.7. The van der Waals surface area contributed by atoms with Gasteiger partial charge in [0.05, 0.1) is 6.33 Å². The summed E-state index contributed by atoms with van der Waals surface area (Å²) in [6.07, 6.45) is 6.31. The van der Waals surface area contributed by atoms with Crippen LogP contribution in [0, 0.1) is 0 Å². The van der Waals surface area contributed by atoms with Crippen LogP contribution in [0.5, 0.6) is 0 Å². The highest BCUT2D eigenvalue weighted by molar-refractivity contribution is 6.30. The van der Waals surface area contributed by atoms with Crippen LogP contribution in [0.25, 0.3) is 0 Å². The minimum absolute atomic E-state index is 0.130. The summed E-state index contributed by atoms with van der Waals surface area (Å²) in [5.41, 5.74) is 2.94. The zero-order chi connectivity index (χ0) is 20.6. The Hall–Kier alpha value is -2.99. The van der Waals surface area contributed by atoms with Crippen LogP contribution in [-0.2, 0) is 13.1 Å². The number of aromatic nitrogens is 2. The van der Waals surface area contributed by atoms with Gasteiger partial charge in [-0.25, -0.2) is 9.78 Å². The number of aryl methyl sites for hydroxylation is 1. The van der Waals surface area contributed by atoms with Crippen LogP contribution in [0.1, 0.15) is 12.0 Å². The molecule has 1 N–H and O–H groups in total. The molecule has 0 bridgehead atoms. The number of amides is 2. The number of carbonyl (C=O) groups excluding carboxylic acids is 1. The number of hydrogen-bond acceptors (Lipinski definition) is 3. The second kappa shape index (κ2) is 9.98. The van der Waals surface area contributed by atoms with E-state index in [1.165, 1.54) is 0 Å². The van der Waals surface area contributed by atoms with Gasteiger partial charge in [-0.3, -0.25) is 0 Å². The number of carbonyl (C=O) groups is 1. The monoisotopic (exact) mass is 411 g/mol. The fourth-order valence-corrected chi connectivity index (χ4v) is 3.10. The largest absolute Gasteiger partial charge is 0.378 e. The summed E-state index contributed by atoms with van der Waals surface area (Å²) < 4.78 is 2.02. The summed E-state index contributed by atoms with van der Waals surface area (Å²) >= 11 is 5.94. The maximum atomic E-state index is 12.9. The van der Waals surface area contributed by atoms with Crippen molar-refractivity contribution in [2.45, 2.75) is 19.5 Å². The lowest BCUT2D eigenvalue weighted by molar-refractivity contribution is 0.207. The normalized spacial score (nSPS) is 10.6. The molecular formula is C22H26ClN5O. The van der Waals surface area contributed by atoms with Crippen molar-refractivity contribution >= 4 is 29.0 Å². The predicted octanol–water partition coefficient (Wildman–Crippen LogP) is 4.73. The Bertz CT molecular complexity index is 892. The fourth-order valence-electron chi connectivity index (χ4n) is 2.97. The molecule has 1 aromatic heterocycles. The molecule has 6 nitrogen and oxygen atoms in total. The van der Waals surface area contributed by atoms with Crippen molar-refractivity contribution in [3.8, 4) is 0 Å². The highest BCUT2D eigenvalue weighted by Crippen LogP contribution is 2.17. The third-order valence-electron chi connectivity index (χ3n) is 4.61. The third kappa shape index (κ3) is 6.26. The molecule has 3 aromatic rings. The van der Waals surface area contributed by atoms with E-state index in [-0.39, 0.29) is 6.03 Å². The number of benzene rings is 2. The number of hydrogen-bond donors (Lipinski definition) is 1. The molecule has 0 spiro atoms. The van der Waals surface area contributed by atoms with Gasteiger partial charge in [-0.1, -0.05) is 23.7 Å². The molecule has 7 heteroatoms. The maximum Gasteiger partial charge on any atom is 0.322 e. The molecule has 1 heterocycles. The maximum absolute atomic E-state index is 12.9. The summed E-state index contributed by atoms with van der Waals surface area (Å²) in [5, 5.41) is 3.60. The van der Waals surface area contributed by atoms with Crippen LogP contribution < -0.4 is 10.2 Å². The highest BCUT2D eigenvalue weighted by Gasteiger charge is 2.14. The molecule has 0 fully saturated rings. The Balaban J connectivity index is 1.67. The van der Waals surface area contributed by atoms with Crippen molar-refractivity contribution in [1.29, 1.82) is 0 Å². The molecule has 0 atom stereocenters. The molecule has 29 heavy (non-hydrogen) atoms. The molecule has 0 aliphatic heterocycles. The second-order valence-electron chi connectivity index (χ2n) is 7.07. The smallest absolute Gasteiger partial charge is 0.322 e. The van der Waals surface area contributed by atoms with E-state index in [1.807, 2.05) is 29.8 Å². The lowest BCUT2D eigenvalue weighted by Gasteiger charge is -2.24. The Morgan fingerprint density at radius 3 is 2.45 bits per heavy atom. The first-order chi connectivity index (χ1) is 14.0. The zero-order valence-electron chi connectivity index (χ0n) is 16.8. The van der Waals surface area contributed by atoms with E-state index in [0.717, 1.165) is 29.9 Å². The van der Waals surface area contributed by atoms with Gasteiger partial charge in [0.15, 0.2) is 0 Å². The molecule has 3 rings (SSSR count).